The fourth-order valence-electron chi connectivity index (χ4n) is 2.19. The van der Waals surface area contributed by atoms with Gasteiger partial charge in [-0.15, -0.1) is 0 Å². The average molecular weight is 266 g/mol. The monoisotopic (exact) mass is 266 g/mol. The van der Waals surface area contributed by atoms with Crippen molar-refractivity contribution in [2.45, 2.75) is 13.0 Å². The topological polar surface area (TPSA) is 106 Å². The minimum atomic E-state index is -4.41. The van der Waals surface area contributed by atoms with Gasteiger partial charge in [0.2, 0.25) is 0 Å². The van der Waals surface area contributed by atoms with Gasteiger partial charge in [0.25, 0.3) is 10.1 Å². The van der Waals surface area contributed by atoms with E-state index in [1.54, 1.807) is 37.3 Å². The lowest BCUT2D eigenvalue weighted by atomic mass is 9.87. The van der Waals surface area contributed by atoms with Crippen LogP contribution in [-0.4, -0.2) is 19.0 Å². The molecule has 0 aliphatic heterocycles. The first-order valence-electron chi connectivity index (χ1n) is 5.36. The molecule has 0 heterocycles. The van der Waals surface area contributed by atoms with Crippen molar-refractivity contribution in [2.75, 3.05) is 0 Å². The van der Waals surface area contributed by atoms with E-state index in [9.17, 15) is 13.0 Å². The van der Waals surface area contributed by atoms with Crippen LogP contribution in [0.4, 0.5) is 0 Å². The molecule has 1 aromatic carbocycles. The van der Waals surface area contributed by atoms with Crippen LogP contribution in [0.15, 0.2) is 36.0 Å². The Balaban J connectivity index is 2.87. The first-order chi connectivity index (χ1) is 8.38. The Labute approximate surface area is 106 Å². The zero-order valence-electron chi connectivity index (χ0n) is 9.79. The maximum absolute atomic E-state index is 11.4. The Morgan fingerprint density at radius 3 is 2.33 bits per heavy atom. The third-order valence-electron chi connectivity index (χ3n) is 2.98. The smallest absolute Gasteiger partial charge is 0.296 e. The maximum Gasteiger partial charge on any atom is 0.296 e. The largest absolute Gasteiger partial charge is 0.399 e. The van der Waals surface area contributed by atoms with Crippen LogP contribution in [0, 0.1) is 0 Å². The van der Waals surface area contributed by atoms with Crippen molar-refractivity contribution in [2.24, 2.45) is 11.5 Å². The molecule has 0 saturated carbocycles. The van der Waals surface area contributed by atoms with Crippen LogP contribution < -0.4 is 11.5 Å². The van der Waals surface area contributed by atoms with E-state index >= 15 is 0 Å². The van der Waals surface area contributed by atoms with E-state index in [0.717, 1.165) is 5.57 Å². The number of hydrogen-bond acceptors (Lipinski definition) is 4. The Morgan fingerprint density at radius 2 is 1.83 bits per heavy atom. The minimum Gasteiger partial charge on any atom is -0.399 e. The van der Waals surface area contributed by atoms with Gasteiger partial charge in [-0.25, -0.2) is 0 Å². The quantitative estimate of drug-likeness (QED) is 0.656. The van der Waals surface area contributed by atoms with Crippen molar-refractivity contribution >= 4 is 20.6 Å². The van der Waals surface area contributed by atoms with Crippen molar-refractivity contribution in [3.05, 3.63) is 47.2 Å². The zero-order valence-corrected chi connectivity index (χ0v) is 10.6. The lowest BCUT2D eigenvalue weighted by Crippen LogP contribution is -2.34. The van der Waals surface area contributed by atoms with Crippen LogP contribution in [-0.2, 0) is 10.1 Å². The fraction of sp³-hybridized carbons (Fsp3) is 0.167. The molecule has 0 radical (unpaired) electrons. The van der Waals surface area contributed by atoms with Gasteiger partial charge in [-0.05, 0) is 18.1 Å². The highest BCUT2D eigenvalue weighted by Gasteiger charge is 2.32. The Kier molecular flexibility index (Phi) is 3.02. The molecule has 0 spiro atoms. The van der Waals surface area contributed by atoms with Gasteiger partial charge >= 0.3 is 0 Å². The third-order valence-corrected chi connectivity index (χ3v) is 3.96. The summed E-state index contributed by atoms with van der Waals surface area (Å²) in [6, 6.07) is 6.07. The number of rotatable bonds is 1. The highest BCUT2D eigenvalue weighted by molar-refractivity contribution is 7.95. The second-order valence-electron chi connectivity index (χ2n) is 4.03. The predicted octanol–water partition coefficient (Wildman–Crippen LogP) is 0.946. The molecule has 6 heteroatoms. The normalized spacial score (nSPS) is 22.2. The van der Waals surface area contributed by atoms with E-state index < -0.39 is 16.2 Å². The predicted molar refractivity (Wildman–Crippen MR) is 70.7 cm³/mol. The molecule has 2 rings (SSSR count). The molecule has 18 heavy (non-hydrogen) atoms. The summed E-state index contributed by atoms with van der Waals surface area (Å²) in [5.41, 5.74) is 13.4. The fourth-order valence-corrected chi connectivity index (χ4v) is 3.07. The van der Waals surface area contributed by atoms with E-state index in [-0.39, 0.29) is 10.6 Å². The van der Waals surface area contributed by atoms with E-state index in [1.165, 1.54) is 0 Å². The number of allylic oxidation sites excluding steroid dienone is 1. The number of benzene rings is 1. The summed E-state index contributed by atoms with van der Waals surface area (Å²) in [6.07, 6.45) is 1.79. The Morgan fingerprint density at radius 1 is 1.28 bits per heavy atom. The highest BCUT2D eigenvalue weighted by atomic mass is 32.2. The molecule has 1 unspecified atom stereocenters. The standard InChI is InChI=1S/C12H14N2O3S/c1-2-7-8-5-3-4-6-9(8)12(18(15,16)17)11(14)10(7)13/h2-6,10H,13-14H2,1H3,(H,15,16,17). The van der Waals surface area contributed by atoms with E-state index in [0.29, 0.717) is 11.1 Å². The summed E-state index contributed by atoms with van der Waals surface area (Å²) < 4.78 is 32.2. The molecule has 5 nitrogen and oxygen atoms in total. The summed E-state index contributed by atoms with van der Waals surface area (Å²) in [4.78, 5) is -0.295. The summed E-state index contributed by atoms with van der Waals surface area (Å²) in [7, 11) is -4.41. The van der Waals surface area contributed by atoms with Crippen LogP contribution in [0.1, 0.15) is 18.1 Å². The van der Waals surface area contributed by atoms with Crippen LogP contribution in [0.25, 0.3) is 10.5 Å². The molecule has 0 fully saturated rings. The lowest BCUT2D eigenvalue weighted by molar-refractivity contribution is 0.495. The summed E-state index contributed by atoms with van der Waals surface area (Å²) in [6.45, 7) is 1.80. The van der Waals surface area contributed by atoms with Gasteiger partial charge in [0.1, 0.15) is 4.91 Å². The summed E-state index contributed by atoms with van der Waals surface area (Å²) in [5.74, 6) is 0. The van der Waals surface area contributed by atoms with Gasteiger partial charge in [0.05, 0.1) is 11.7 Å². The molecule has 5 N–H and O–H groups in total. The Hall–Kier alpha value is -1.63. The molecule has 96 valence electrons. The third kappa shape index (κ3) is 1.84. The number of hydrogen-bond donors (Lipinski definition) is 3. The van der Waals surface area contributed by atoms with Crippen molar-refractivity contribution < 1.29 is 13.0 Å². The first-order valence-corrected chi connectivity index (χ1v) is 6.80. The van der Waals surface area contributed by atoms with E-state index in [2.05, 4.69) is 0 Å². The summed E-state index contributed by atoms with van der Waals surface area (Å²) in [5, 5.41) is 0. The Bertz CT molecular complexity index is 660. The average Bonchev–Trinajstić information content (AvgIpc) is 2.29. The molecule has 0 bridgehead atoms. The van der Waals surface area contributed by atoms with Gasteiger partial charge in [-0.2, -0.15) is 8.42 Å². The van der Waals surface area contributed by atoms with Crippen LogP contribution >= 0.6 is 0 Å². The van der Waals surface area contributed by atoms with Crippen LogP contribution in [0.2, 0.25) is 0 Å². The molecular weight excluding hydrogens is 252 g/mol. The van der Waals surface area contributed by atoms with Crippen LogP contribution in [0.3, 0.4) is 0 Å². The highest BCUT2D eigenvalue weighted by Crippen LogP contribution is 2.37. The van der Waals surface area contributed by atoms with Crippen molar-refractivity contribution in [1.29, 1.82) is 0 Å². The minimum absolute atomic E-state index is 0.0377. The molecule has 0 aromatic heterocycles. The molecule has 1 atom stereocenters. The van der Waals surface area contributed by atoms with E-state index in [4.69, 9.17) is 11.5 Å². The van der Waals surface area contributed by atoms with Gasteiger partial charge < -0.3 is 11.5 Å². The van der Waals surface area contributed by atoms with Crippen molar-refractivity contribution in [1.82, 2.24) is 0 Å². The molecular formula is C12H14N2O3S. The summed E-state index contributed by atoms with van der Waals surface area (Å²) >= 11 is 0. The van der Waals surface area contributed by atoms with Crippen LogP contribution in [0.5, 0.6) is 0 Å². The number of nitrogens with two attached hydrogens (primary N) is 2. The molecule has 1 aromatic rings. The maximum atomic E-state index is 11.4. The molecule has 1 aliphatic rings. The van der Waals surface area contributed by atoms with Crippen molar-refractivity contribution in [3.8, 4) is 0 Å². The second kappa shape index (κ2) is 4.24. The van der Waals surface area contributed by atoms with Gasteiger partial charge in [-0.3, -0.25) is 4.55 Å². The van der Waals surface area contributed by atoms with Gasteiger partial charge in [0.15, 0.2) is 0 Å². The molecule has 0 saturated heterocycles. The first kappa shape index (κ1) is 12.8. The SMILES string of the molecule is CC=C1c2ccccc2C(S(=O)(=O)O)=C(N)C1N. The van der Waals surface area contributed by atoms with Gasteiger partial charge in [-0.1, -0.05) is 30.3 Å². The molecule has 1 aliphatic carbocycles. The molecule has 0 amide bonds. The number of fused-ring (bicyclic) bond motifs is 1. The second-order valence-corrected chi connectivity index (χ2v) is 5.39. The zero-order chi connectivity index (χ0) is 13.5. The lowest BCUT2D eigenvalue weighted by Gasteiger charge is -2.27. The van der Waals surface area contributed by atoms with Gasteiger partial charge in [0, 0.05) is 5.56 Å². The van der Waals surface area contributed by atoms with E-state index in [1.807, 2.05) is 0 Å². The van der Waals surface area contributed by atoms with Crippen molar-refractivity contribution in [3.63, 3.8) is 0 Å².